The third-order valence-corrected chi connectivity index (χ3v) is 2.84. The fraction of sp³-hybridized carbons (Fsp3) is 0.909. The molecule has 0 aromatic carbocycles. The first-order valence-corrected chi connectivity index (χ1v) is 5.62. The minimum Gasteiger partial charge on any atom is -0.464 e. The second kappa shape index (κ2) is 6.83. The molecular weight excluding hydrogens is 210 g/mol. The highest BCUT2D eigenvalue weighted by Gasteiger charge is 2.27. The number of rotatable bonds is 5. The molecule has 5 nitrogen and oxygen atoms in total. The summed E-state index contributed by atoms with van der Waals surface area (Å²) in [7, 11) is 3.56. The first-order valence-electron chi connectivity index (χ1n) is 5.62. The van der Waals surface area contributed by atoms with Crippen molar-refractivity contribution in [1.29, 1.82) is 0 Å². The lowest BCUT2D eigenvalue weighted by Gasteiger charge is -2.30. The smallest absolute Gasteiger partial charge is 0.325 e. The monoisotopic (exact) mass is 231 g/mol. The third-order valence-electron chi connectivity index (χ3n) is 2.84. The maximum atomic E-state index is 11.7. The van der Waals surface area contributed by atoms with Crippen LogP contribution in [0.5, 0.6) is 0 Å². The summed E-state index contributed by atoms with van der Waals surface area (Å²) in [5.74, 6) is -0.203. The molecule has 0 saturated carbocycles. The first kappa shape index (κ1) is 13.4. The zero-order chi connectivity index (χ0) is 12.0. The molecule has 0 aromatic rings. The lowest BCUT2D eigenvalue weighted by atomic mass is 10.2. The van der Waals surface area contributed by atoms with Crippen LogP contribution in [-0.4, -0.2) is 63.5 Å². The van der Waals surface area contributed by atoms with Crippen molar-refractivity contribution in [3.8, 4) is 0 Å². The Hall–Kier alpha value is -0.650. The van der Waals surface area contributed by atoms with Crippen LogP contribution in [0.2, 0.25) is 0 Å². The molecule has 1 fully saturated rings. The van der Waals surface area contributed by atoms with Crippen molar-refractivity contribution in [2.45, 2.75) is 25.5 Å². The molecule has 0 radical (unpaired) electrons. The predicted octanol–water partition coefficient (Wildman–Crippen LogP) is 0.285. The lowest BCUT2D eigenvalue weighted by molar-refractivity contribution is -0.155. The van der Waals surface area contributed by atoms with E-state index in [0.29, 0.717) is 19.8 Å². The van der Waals surface area contributed by atoms with Gasteiger partial charge in [-0.05, 0) is 14.0 Å². The highest BCUT2D eigenvalue weighted by atomic mass is 16.5. The molecule has 0 N–H and O–H groups in total. The van der Waals surface area contributed by atoms with Crippen LogP contribution >= 0.6 is 0 Å². The Kier molecular flexibility index (Phi) is 5.73. The molecule has 2 atom stereocenters. The summed E-state index contributed by atoms with van der Waals surface area (Å²) in [5.41, 5.74) is 0. The van der Waals surface area contributed by atoms with Crippen LogP contribution < -0.4 is 0 Å². The molecule has 5 heteroatoms. The van der Waals surface area contributed by atoms with Crippen LogP contribution in [0, 0.1) is 0 Å². The van der Waals surface area contributed by atoms with E-state index >= 15 is 0 Å². The standard InChI is InChI=1S/C11H21NO4/c1-9(14-3)4-6-16-11(13)10-8-15-7-5-12(10)2/h9-10H,4-8H2,1-3H3/t9-,10+/m1/s1. The molecule has 1 aliphatic rings. The molecule has 1 aliphatic heterocycles. The average molecular weight is 231 g/mol. The predicted molar refractivity (Wildman–Crippen MR) is 59.3 cm³/mol. The van der Waals surface area contributed by atoms with Crippen LogP contribution in [0.1, 0.15) is 13.3 Å². The lowest BCUT2D eigenvalue weighted by Crippen LogP contribution is -2.48. The summed E-state index contributed by atoms with van der Waals surface area (Å²) in [6.45, 7) is 4.23. The molecule has 0 bridgehead atoms. The van der Waals surface area contributed by atoms with Gasteiger partial charge in [0.15, 0.2) is 0 Å². The van der Waals surface area contributed by atoms with Crippen molar-refractivity contribution in [1.82, 2.24) is 4.90 Å². The van der Waals surface area contributed by atoms with Crippen molar-refractivity contribution >= 4 is 5.97 Å². The van der Waals surface area contributed by atoms with Crippen molar-refractivity contribution in [2.75, 3.05) is 40.5 Å². The van der Waals surface area contributed by atoms with Crippen molar-refractivity contribution in [3.05, 3.63) is 0 Å². The Bertz CT molecular complexity index is 222. The maximum Gasteiger partial charge on any atom is 0.325 e. The Morgan fingerprint density at radius 1 is 1.62 bits per heavy atom. The number of hydrogen-bond acceptors (Lipinski definition) is 5. The SMILES string of the molecule is CO[C@H](C)CCOC(=O)[C@@H]1COCCN1C. The molecule has 1 heterocycles. The van der Waals surface area contributed by atoms with E-state index in [4.69, 9.17) is 14.2 Å². The van der Waals surface area contributed by atoms with Gasteiger partial charge in [0.1, 0.15) is 6.04 Å². The fourth-order valence-corrected chi connectivity index (χ4v) is 1.47. The number of methoxy groups -OCH3 is 1. The van der Waals surface area contributed by atoms with Crippen molar-refractivity contribution < 1.29 is 19.0 Å². The van der Waals surface area contributed by atoms with Crippen LogP contribution in [0.3, 0.4) is 0 Å². The van der Waals surface area contributed by atoms with Crippen LogP contribution in [0.15, 0.2) is 0 Å². The van der Waals surface area contributed by atoms with Gasteiger partial charge >= 0.3 is 5.97 Å². The summed E-state index contributed by atoms with van der Waals surface area (Å²) < 4.78 is 15.5. The summed E-state index contributed by atoms with van der Waals surface area (Å²) in [6, 6.07) is -0.258. The Labute approximate surface area is 96.6 Å². The van der Waals surface area contributed by atoms with Gasteiger partial charge in [0.05, 0.1) is 25.9 Å². The molecular formula is C11H21NO4. The first-order chi connectivity index (χ1) is 7.65. The van der Waals surface area contributed by atoms with Gasteiger partial charge < -0.3 is 14.2 Å². The summed E-state index contributed by atoms with van der Waals surface area (Å²) >= 11 is 0. The third kappa shape index (κ3) is 4.08. The summed E-state index contributed by atoms with van der Waals surface area (Å²) in [5, 5.41) is 0. The van der Waals surface area contributed by atoms with E-state index in [-0.39, 0.29) is 18.1 Å². The molecule has 1 rings (SSSR count). The quantitative estimate of drug-likeness (QED) is 0.636. The van der Waals surface area contributed by atoms with Gasteiger partial charge in [-0.25, -0.2) is 0 Å². The van der Waals surface area contributed by atoms with E-state index in [1.807, 2.05) is 18.9 Å². The number of nitrogens with zero attached hydrogens (tertiary/aromatic N) is 1. The van der Waals surface area contributed by atoms with E-state index in [1.165, 1.54) is 0 Å². The van der Waals surface area contributed by atoms with E-state index < -0.39 is 0 Å². The van der Waals surface area contributed by atoms with Gasteiger partial charge in [0, 0.05) is 20.1 Å². The van der Waals surface area contributed by atoms with Crippen LogP contribution in [0.25, 0.3) is 0 Å². The molecule has 16 heavy (non-hydrogen) atoms. The second-order valence-electron chi connectivity index (χ2n) is 4.07. The minimum atomic E-state index is -0.258. The van der Waals surface area contributed by atoms with Crippen molar-refractivity contribution in [3.63, 3.8) is 0 Å². The van der Waals surface area contributed by atoms with E-state index in [9.17, 15) is 4.79 Å². The Morgan fingerprint density at radius 2 is 2.38 bits per heavy atom. The molecule has 0 amide bonds. The Balaban J connectivity index is 2.23. The van der Waals surface area contributed by atoms with Gasteiger partial charge in [0.25, 0.3) is 0 Å². The molecule has 0 aromatic heterocycles. The average Bonchev–Trinajstić information content (AvgIpc) is 2.29. The fourth-order valence-electron chi connectivity index (χ4n) is 1.47. The van der Waals surface area contributed by atoms with E-state index in [1.54, 1.807) is 7.11 Å². The summed E-state index contributed by atoms with van der Waals surface area (Å²) in [6.07, 6.45) is 0.840. The van der Waals surface area contributed by atoms with E-state index in [0.717, 1.165) is 13.0 Å². The van der Waals surface area contributed by atoms with Crippen LogP contribution in [-0.2, 0) is 19.0 Å². The number of carbonyl (C=O) groups excluding carboxylic acids is 1. The highest BCUT2D eigenvalue weighted by Crippen LogP contribution is 2.06. The zero-order valence-corrected chi connectivity index (χ0v) is 10.3. The van der Waals surface area contributed by atoms with Crippen LogP contribution in [0.4, 0.5) is 0 Å². The molecule has 0 spiro atoms. The minimum absolute atomic E-state index is 0.119. The molecule has 0 unspecified atom stereocenters. The van der Waals surface area contributed by atoms with E-state index in [2.05, 4.69) is 0 Å². The number of esters is 1. The second-order valence-corrected chi connectivity index (χ2v) is 4.07. The van der Waals surface area contributed by atoms with Gasteiger partial charge in [-0.3, -0.25) is 9.69 Å². The van der Waals surface area contributed by atoms with Crippen molar-refractivity contribution in [2.24, 2.45) is 0 Å². The zero-order valence-electron chi connectivity index (χ0n) is 10.3. The topological polar surface area (TPSA) is 48.0 Å². The molecule has 94 valence electrons. The van der Waals surface area contributed by atoms with Gasteiger partial charge in [-0.1, -0.05) is 0 Å². The largest absolute Gasteiger partial charge is 0.464 e. The van der Waals surface area contributed by atoms with Gasteiger partial charge in [0.2, 0.25) is 0 Å². The Morgan fingerprint density at radius 3 is 3.00 bits per heavy atom. The maximum absolute atomic E-state index is 11.7. The number of ether oxygens (including phenoxy) is 3. The highest BCUT2D eigenvalue weighted by molar-refractivity contribution is 5.76. The summed E-state index contributed by atoms with van der Waals surface area (Å²) in [4.78, 5) is 13.7. The number of hydrogen-bond donors (Lipinski definition) is 0. The van der Waals surface area contributed by atoms with Gasteiger partial charge in [-0.2, -0.15) is 0 Å². The number of carbonyl (C=O) groups is 1. The number of morpholine rings is 1. The molecule has 0 aliphatic carbocycles. The number of likely N-dealkylation sites (N-methyl/N-ethyl adjacent to an activating group) is 1. The van der Waals surface area contributed by atoms with Gasteiger partial charge in [-0.15, -0.1) is 0 Å². The molecule has 1 saturated heterocycles. The normalized spacial score (nSPS) is 24.1.